The molecule has 0 fully saturated rings. The maximum Gasteiger partial charge on any atom is 0.141 e. The van der Waals surface area contributed by atoms with E-state index >= 15 is 0 Å². The average molecular weight is 392 g/mol. The van der Waals surface area contributed by atoms with Gasteiger partial charge in [-0.05, 0) is 72.2 Å². The highest BCUT2D eigenvalue weighted by Crippen LogP contribution is 2.31. The number of halogens is 1. The number of ether oxygens (including phenoxy) is 1. The van der Waals surface area contributed by atoms with Gasteiger partial charge in [0.05, 0.1) is 10.1 Å². The molecule has 0 heterocycles. The van der Waals surface area contributed by atoms with Gasteiger partial charge in [0.25, 0.3) is 0 Å². The van der Waals surface area contributed by atoms with Gasteiger partial charge in [-0.1, -0.05) is 38.1 Å². The maximum atomic E-state index is 10.8. The smallest absolute Gasteiger partial charge is 0.141 e. The van der Waals surface area contributed by atoms with Crippen molar-refractivity contribution < 1.29 is 9.84 Å². The molecular weight excluding hydrogens is 366 g/mol. The van der Waals surface area contributed by atoms with Crippen molar-refractivity contribution >= 4 is 15.9 Å². The average Bonchev–Trinajstić information content (AvgIpc) is 2.58. The molecule has 0 aromatic heterocycles. The largest absolute Gasteiger partial charge is 0.456 e. The molecule has 1 unspecified atom stereocenters. The molecule has 0 bridgehead atoms. The SMILES string of the molecule is CCN(CC)CCC(C)(O)c1ccc(Oc2ccccc2Br)cc1. The molecular formula is C20H26BrNO2. The number of rotatable bonds is 8. The molecule has 0 amide bonds. The zero-order valence-corrected chi connectivity index (χ0v) is 16.2. The zero-order valence-electron chi connectivity index (χ0n) is 14.6. The van der Waals surface area contributed by atoms with E-state index in [4.69, 9.17) is 4.74 Å². The molecule has 0 saturated heterocycles. The van der Waals surface area contributed by atoms with Crippen LogP contribution < -0.4 is 4.74 Å². The summed E-state index contributed by atoms with van der Waals surface area (Å²) in [5, 5.41) is 10.8. The number of benzene rings is 2. The zero-order chi connectivity index (χ0) is 17.6. The third kappa shape index (κ3) is 5.07. The first-order valence-corrected chi connectivity index (χ1v) is 9.23. The number of nitrogens with zero attached hydrogens (tertiary/aromatic N) is 1. The van der Waals surface area contributed by atoms with Crippen molar-refractivity contribution in [3.05, 3.63) is 58.6 Å². The predicted octanol–water partition coefficient (Wildman–Crippen LogP) is 5.18. The molecule has 3 nitrogen and oxygen atoms in total. The molecule has 0 radical (unpaired) electrons. The van der Waals surface area contributed by atoms with Gasteiger partial charge in [-0.25, -0.2) is 0 Å². The van der Waals surface area contributed by atoms with Crippen LogP contribution in [0, 0.1) is 0 Å². The number of hydrogen-bond donors (Lipinski definition) is 1. The number of para-hydroxylation sites is 1. The lowest BCUT2D eigenvalue weighted by molar-refractivity contribution is 0.0369. The highest BCUT2D eigenvalue weighted by atomic mass is 79.9. The van der Waals surface area contributed by atoms with Crippen LogP contribution in [0.1, 0.15) is 32.8 Å². The van der Waals surface area contributed by atoms with Crippen LogP contribution in [0.25, 0.3) is 0 Å². The van der Waals surface area contributed by atoms with Gasteiger partial charge >= 0.3 is 0 Å². The first-order valence-electron chi connectivity index (χ1n) is 8.44. The number of aliphatic hydroxyl groups is 1. The molecule has 130 valence electrons. The molecule has 0 saturated carbocycles. The molecule has 0 spiro atoms. The van der Waals surface area contributed by atoms with E-state index in [1.165, 1.54) is 0 Å². The summed E-state index contributed by atoms with van der Waals surface area (Å²) in [5.74, 6) is 1.53. The van der Waals surface area contributed by atoms with Crippen LogP contribution in [-0.2, 0) is 5.60 Å². The Bertz CT molecular complexity index is 636. The van der Waals surface area contributed by atoms with Crippen molar-refractivity contribution in [3.8, 4) is 11.5 Å². The van der Waals surface area contributed by atoms with Crippen molar-refractivity contribution in [2.24, 2.45) is 0 Å². The lowest BCUT2D eigenvalue weighted by Crippen LogP contribution is -2.31. The van der Waals surface area contributed by atoms with Gasteiger partial charge in [-0.3, -0.25) is 0 Å². The molecule has 2 aromatic rings. The van der Waals surface area contributed by atoms with Crippen LogP contribution in [-0.4, -0.2) is 29.6 Å². The summed E-state index contributed by atoms with van der Waals surface area (Å²) in [7, 11) is 0. The Balaban J connectivity index is 2.04. The van der Waals surface area contributed by atoms with Crippen LogP contribution in [0.4, 0.5) is 0 Å². The first-order chi connectivity index (χ1) is 11.5. The van der Waals surface area contributed by atoms with Crippen molar-refractivity contribution in [3.63, 3.8) is 0 Å². The quantitative estimate of drug-likeness (QED) is 0.672. The Hall–Kier alpha value is -1.36. The third-order valence-electron chi connectivity index (χ3n) is 4.35. The molecule has 2 aromatic carbocycles. The third-order valence-corrected chi connectivity index (χ3v) is 5.01. The highest BCUT2D eigenvalue weighted by molar-refractivity contribution is 9.10. The second kappa shape index (κ2) is 8.65. The summed E-state index contributed by atoms with van der Waals surface area (Å²) in [5.41, 5.74) is 0.0724. The lowest BCUT2D eigenvalue weighted by Gasteiger charge is -2.27. The fourth-order valence-electron chi connectivity index (χ4n) is 2.60. The van der Waals surface area contributed by atoms with E-state index in [1.807, 2.05) is 55.5 Å². The van der Waals surface area contributed by atoms with E-state index in [1.54, 1.807) is 0 Å². The van der Waals surface area contributed by atoms with Gasteiger partial charge in [0, 0.05) is 6.54 Å². The van der Waals surface area contributed by atoms with Gasteiger partial charge in [0.1, 0.15) is 11.5 Å². The highest BCUT2D eigenvalue weighted by Gasteiger charge is 2.23. The predicted molar refractivity (Wildman–Crippen MR) is 103 cm³/mol. The van der Waals surface area contributed by atoms with Gasteiger partial charge in [0.2, 0.25) is 0 Å². The first kappa shape index (κ1) is 19.0. The van der Waals surface area contributed by atoms with Crippen molar-refractivity contribution in [2.45, 2.75) is 32.8 Å². The van der Waals surface area contributed by atoms with Gasteiger partial charge < -0.3 is 14.7 Å². The Morgan fingerprint density at radius 2 is 1.67 bits per heavy atom. The summed E-state index contributed by atoms with van der Waals surface area (Å²) in [4.78, 5) is 2.32. The normalized spacial score (nSPS) is 13.8. The number of hydrogen-bond acceptors (Lipinski definition) is 3. The summed E-state index contributed by atoms with van der Waals surface area (Å²) >= 11 is 3.48. The van der Waals surface area contributed by atoms with E-state index in [-0.39, 0.29) is 0 Å². The van der Waals surface area contributed by atoms with E-state index < -0.39 is 5.60 Å². The Morgan fingerprint density at radius 3 is 2.25 bits per heavy atom. The fraction of sp³-hybridized carbons (Fsp3) is 0.400. The maximum absolute atomic E-state index is 10.8. The molecule has 24 heavy (non-hydrogen) atoms. The van der Waals surface area contributed by atoms with Gasteiger partial charge in [-0.2, -0.15) is 0 Å². The molecule has 1 atom stereocenters. The second-order valence-electron chi connectivity index (χ2n) is 6.11. The Labute approximate surface area is 153 Å². The van der Waals surface area contributed by atoms with Crippen molar-refractivity contribution in [1.29, 1.82) is 0 Å². The lowest BCUT2D eigenvalue weighted by atomic mass is 9.92. The standard InChI is InChI=1S/C20H26BrNO2/c1-4-22(5-2)15-14-20(3,23)16-10-12-17(13-11-16)24-19-9-7-6-8-18(19)21/h6-13,23H,4-5,14-15H2,1-3H3. The molecule has 0 aliphatic rings. The molecule has 2 rings (SSSR count). The van der Waals surface area contributed by atoms with Crippen molar-refractivity contribution in [2.75, 3.05) is 19.6 Å². The van der Waals surface area contributed by atoms with E-state index in [2.05, 4.69) is 34.7 Å². The van der Waals surface area contributed by atoms with Crippen LogP contribution in [0.2, 0.25) is 0 Å². The molecule has 4 heteroatoms. The summed E-state index contributed by atoms with van der Waals surface area (Å²) < 4.78 is 6.79. The minimum absolute atomic E-state index is 0.707. The Morgan fingerprint density at radius 1 is 1.04 bits per heavy atom. The summed E-state index contributed by atoms with van der Waals surface area (Å²) in [6.45, 7) is 9.06. The topological polar surface area (TPSA) is 32.7 Å². The van der Waals surface area contributed by atoms with Crippen LogP contribution in [0.15, 0.2) is 53.0 Å². The Kier molecular flexibility index (Phi) is 6.84. The molecule has 0 aliphatic heterocycles. The summed E-state index contributed by atoms with van der Waals surface area (Å²) in [6, 6.07) is 15.4. The van der Waals surface area contributed by atoms with Crippen molar-refractivity contribution in [1.82, 2.24) is 4.90 Å². The monoisotopic (exact) mass is 391 g/mol. The second-order valence-corrected chi connectivity index (χ2v) is 6.96. The van der Waals surface area contributed by atoms with Crippen LogP contribution >= 0.6 is 15.9 Å². The van der Waals surface area contributed by atoms with Crippen LogP contribution in [0.5, 0.6) is 11.5 Å². The minimum atomic E-state index is -0.839. The van der Waals surface area contributed by atoms with Gasteiger partial charge in [0.15, 0.2) is 0 Å². The fourth-order valence-corrected chi connectivity index (χ4v) is 2.96. The van der Waals surface area contributed by atoms with E-state index in [0.29, 0.717) is 6.42 Å². The van der Waals surface area contributed by atoms with Crippen LogP contribution in [0.3, 0.4) is 0 Å². The molecule has 0 aliphatic carbocycles. The van der Waals surface area contributed by atoms with Gasteiger partial charge in [-0.15, -0.1) is 0 Å². The molecule has 1 N–H and O–H groups in total. The minimum Gasteiger partial charge on any atom is -0.456 e. The van der Waals surface area contributed by atoms with E-state index in [0.717, 1.165) is 41.2 Å². The summed E-state index contributed by atoms with van der Waals surface area (Å²) in [6.07, 6.45) is 0.707. The van der Waals surface area contributed by atoms with E-state index in [9.17, 15) is 5.11 Å².